The minimum Gasteiger partial charge on any atom is -0.467 e. The molecule has 0 fully saturated rings. The number of nitrogens with zero attached hydrogens (tertiary/aromatic N) is 1. The standard InChI is InChI=1S/C15H22N2O3.ClH/c1-4-13(16)14(18)17(11(2)15(19)20-3)10-12-8-6-5-7-9-12;/h5-9,11,13H,4,10,16H2,1-3H3;1H/t11-,13+;/m1./s1. The van der Waals surface area contributed by atoms with E-state index in [1.165, 1.54) is 12.0 Å². The summed E-state index contributed by atoms with van der Waals surface area (Å²) in [6.45, 7) is 3.82. The van der Waals surface area contributed by atoms with Crippen molar-refractivity contribution >= 4 is 24.3 Å². The van der Waals surface area contributed by atoms with Gasteiger partial charge < -0.3 is 15.4 Å². The first-order valence-corrected chi connectivity index (χ1v) is 6.69. The van der Waals surface area contributed by atoms with Gasteiger partial charge in [-0.3, -0.25) is 4.79 Å². The van der Waals surface area contributed by atoms with Gasteiger partial charge in [-0.05, 0) is 18.9 Å². The molecule has 0 radical (unpaired) electrons. The second-order valence-electron chi connectivity index (χ2n) is 4.67. The zero-order chi connectivity index (χ0) is 15.1. The quantitative estimate of drug-likeness (QED) is 0.812. The van der Waals surface area contributed by atoms with Gasteiger partial charge in [-0.1, -0.05) is 37.3 Å². The fourth-order valence-electron chi connectivity index (χ4n) is 1.87. The van der Waals surface area contributed by atoms with Crippen molar-refractivity contribution in [3.8, 4) is 0 Å². The molecule has 2 atom stereocenters. The lowest BCUT2D eigenvalue weighted by Gasteiger charge is -2.29. The maximum atomic E-state index is 12.3. The molecule has 2 N–H and O–H groups in total. The molecule has 1 rings (SSSR count). The molecule has 118 valence electrons. The first-order chi connectivity index (χ1) is 9.51. The molecule has 0 bridgehead atoms. The largest absolute Gasteiger partial charge is 0.467 e. The monoisotopic (exact) mass is 314 g/mol. The number of rotatable bonds is 6. The fourth-order valence-corrected chi connectivity index (χ4v) is 1.87. The van der Waals surface area contributed by atoms with Crippen molar-refractivity contribution in [1.82, 2.24) is 4.90 Å². The molecule has 1 aromatic carbocycles. The molecule has 0 unspecified atom stereocenters. The molecule has 0 aliphatic rings. The van der Waals surface area contributed by atoms with E-state index >= 15 is 0 Å². The number of hydrogen-bond donors (Lipinski definition) is 1. The number of ether oxygens (including phenoxy) is 1. The highest BCUT2D eigenvalue weighted by molar-refractivity contribution is 5.87. The van der Waals surface area contributed by atoms with Gasteiger partial charge in [-0.25, -0.2) is 4.79 Å². The number of nitrogens with two attached hydrogens (primary N) is 1. The van der Waals surface area contributed by atoms with Gasteiger partial charge in [0.05, 0.1) is 13.2 Å². The van der Waals surface area contributed by atoms with E-state index in [-0.39, 0.29) is 18.3 Å². The van der Waals surface area contributed by atoms with E-state index < -0.39 is 18.1 Å². The van der Waals surface area contributed by atoms with E-state index in [4.69, 9.17) is 10.5 Å². The zero-order valence-corrected chi connectivity index (χ0v) is 13.4. The van der Waals surface area contributed by atoms with Gasteiger partial charge in [0.2, 0.25) is 5.91 Å². The second-order valence-corrected chi connectivity index (χ2v) is 4.67. The summed E-state index contributed by atoms with van der Waals surface area (Å²) in [6, 6.07) is 8.22. The summed E-state index contributed by atoms with van der Waals surface area (Å²) in [5.74, 6) is -0.688. The van der Waals surface area contributed by atoms with Gasteiger partial charge in [0.25, 0.3) is 0 Å². The summed E-state index contributed by atoms with van der Waals surface area (Å²) in [5.41, 5.74) is 6.75. The van der Waals surface area contributed by atoms with Crippen LogP contribution in [0.2, 0.25) is 0 Å². The Bertz CT molecular complexity index is 453. The van der Waals surface area contributed by atoms with Crippen LogP contribution in [-0.4, -0.2) is 36.0 Å². The fraction of sp³-hybridized carbons (Fsp3) is 0.467. The number of amides is 1. The second kappa shape index (κ2) is 9.37. The number of carbonyl (C=O) groups is 2. The van der Waals surface area contributed by atoms with E-state index in [0.29, 0.717) is 13.0 Å². The van der Waals surface area contributed by atoms with E-state index in [9.17, 15) is 9.59 Å². The molecule has 0 saturated carbocycles. The molecule has 0 aromatic heterocycles. The summed E-state index contributed by atoms with van der Waals surface area (Å²) < 4.78 is 4.72. The van der Waals surface area contributed by atoms with Crippen LogP contribution in [0, 0.1) is 0 Å². The Morgan fingerprint density at radius 3 is 2.33 bits per heavy atom. The molecule has 0 aliphatic heterocycles. The van der Waals surface area contributed by atoms with Crippen molar-refractivity contribution in [2.24, 2.45) is 5.73 Å². The number of hydrogen-bond acceptors (Lipinski definition) is 4. The van der Waals surface area contributed by atoms with Crippen molar-refractivity contribution in [3.05, 3.63) is 35.9 Å². The van der Waals surface area contributed by atoms with Crippen LogP contribution in [-0.2, 0) is 20.9 Å². The Hall–Kier alpha value is -1.59. The number of benzene rings is 1. The summed E-state index contributed by atoms with van der Waals surface area (Å²) in [5, 5.41) is 0. The number of halogens is 1. The lowest BCUT2D eigenvalue weighted by atomic mass is 10.1. The number of esters is 1. The Kier molecular flexibility index (Phi) is 8.66. The van der Waals surface area contributed by atoms with Crippen LogP contribution in [0.15, 0.2) is 30.3 Å². The lowest BCUT2D eigenvalue weighted by Crippen LogP contribution is -2.50. The molecule has 1 amide bonds. The van der Waals surface area contributed by atoms with Gasteiger partial charge in [0.15, 0.2) is 0 Å². The molecule has 0 saturated heterocycles. The molecule has 0 aliphatic carbocycles. The molecule has 21 heavy (non-hydrogen) atoms. The Morgan fingerprint density at radius 2 is 1.86 bits per heavy atom. The predicted octanol–water partition coefficient (Wildman–Crippen LogP) is 1.74. The van der Waals surface area contributed by atoms with Crippen molar-refractivity contribution in [2.45, 2.75) is 38.9 Å². The van der Waals surface area contributed by atoms with Crippen molar-refractivity contribution < 1.29 is 14.3 Å². The van der Waals surface area contributed by atoms with Crippen LogP contribution in [0.3, 0.4) is 0 Å². The highest BCUT2D eigenvalue weighted by Crippen LogP contribution is 2.12. The van der Waals surface area contributed by atoms with Crippen molar-refractivity contribution in [3.63, 3.8) is 0 Å². The first-order valence-electron chi connectivity index (χ1n) is 6.69. The Morgan fingerprint density at radius 1 is 1.29 bits per heavy atom. The average molecular weight is 315 g/mol. The summed E-state index contributed by atoms with van der Waals surface area (Å²) in [7, 11) is 1.31. The summed E-state index contributed by atoms with van der Waals surface area (Å²) in [4.78, 5) is 25.5. The smallest absolute Gasteiger partial charge is 0.328 e. The third-order valence-corrected chi connectivity index (χ3v) is 3.25. The van der Waals surface area contributed by atoms with Gasteiger partial charge in [-0.2, -0.15) is 0 Å². The normalized spacial score (nSPS) is 12.8. The van der Waals surface area contributed by atoms with E-state index in [1.807, 2.05) is 37.3 Å². The van der Waals surface area contributed by atoms with Crippen LogP contribution >= 0.6 is 12.4 Å². The molecular formula is C15H23ClN2O3. The van der Waals surface area contributed by atoms with Gasteiger partial charge >= 0.3 is 5.97 Å². The maximum absolute atomic E-state index is 12.3. The Labute approximate surface area is 131 Å². The minimum atomic E-state index is -0.662. The molecule has 6 heteroatoms. The highest BCUT2D eigenvalue weighted by atomic mass is 35.5. The van der Waals surface area contributed by atoms with Crippen LogP contribution < -0.4 is 5.73 Å². The number of methoxy groups -OCH3 is 1. The molecule has 0 heterocycles. The lowest BCUT2D eigenvalue weighted by molar-refractivity contribution is -0.153. The molecule has 5 nitrogen and oxygen atoms in total. The molecule has 0 spiro atoms. The number of carbonyl (C=O) groups excluding carboxylic acids is 2. The predicted molar refractivity (Wildman–Crippen MR) is 84.0 cm³/mol. The SMILES string of the molecule is CC[C@H](N)C(=O)N(Cc1ccccc1)[C@H](C)C(=O)OC.Cl. The zero-order valence-electron chi connectivity index (χ0n) is 12.6. The highest BCUT2D eigenvalue weighted by Gasteiger charge is 2.29. The van der Waals surface area contributed by atoms with E-state index in [0.717, 1.165) is 5.56 Å². The van der Waals surface area contributed by atoms with E-state index in [1.54, 1.807) is 6.92 Å². The summed E-state index contributed by atoms with van der Waals surface area (Å²) >= 11 is 0. The van der Waals surface area contributed by atoms with Crippen molar-refractivity contribution in [1.29, 1.82) is 0 Å². The Balaban J connectivity index is 0.00000400. The van der Waals surface area contributed by atoms with Crippen LogP contribution in [0.25, 0.3) is 0 Å². The minimum absolute atomic E-state index is 0. The van der Waals surface area contributed by atoms with Gasteiger partial charge in [-0.15, -0.1) is 12.4 Å². The van der Waals surface area contributed by atoms with Crippen molar-refractivity contribution in [2.75, 3.05) is 7.11 Å². The molecular weight excluding hydrogens is 292 g/mol. The molecule has 1 aromatic rings. The van der Waals surface area contributed by atoms with Crippen LogP contribution in [0.4, 0.5) is 0 Å². The van der Waals surface area contributed by atoms with Crippen LogP contribution in [0.5, 0.6) is 0 Å². The van der Waals surface area contributed by atoms with Gasteiger partial charge in [0.1, 0.15) is 6.04 Å². The topological polar surface area (TPSA) is 72.6 Å². The third-order valence-electron chi connectivity index (χ3n) is 3.25. The summed E-state index contributed by atoms with van der Waals surface area (Å²) in [6.07, 6.45) is 0.526. The average Bonchev–Trinajstić information content (AvgIpc) is 2.50. The van der Waals surface area contributed by atoms with E-state index in [2.05, 4.69) is 0 Å². The van der Waals surface area contributed by atoms with Gasteiger partial charge in [0, 0.05) is 6.54 Å². The third kappa shape index (κ3) is 5.36. The van der Waals surface area contributed by atoms with Crippen LogP contribution in [0.1, 0.15) is 25.8 Å². The maximum Gasteiger partial charge on any atom is 0.328 e. The first kappa shape index (κ1) is 19.4.